The van der Waals surface area contributed by atoms with Gasteiger partial charge in [0.2, 0.25) is 0 Å². The fraction of sp³-hybridized carbons (Fsp3) is 0.200. The lowest BCUT2D eigenvalue weighted by molar-refractivity contribution is 0.628. The van der Waals surface area contributed by atoms with E-state index in [1.54, 1.807) is 0 Å². The largest absolute Gasteiger partial charge is 0.353 e. The zero-order chi connectivity index (χ0) is 33.3. The molecule has 0 radical (unpaired) electrons. The van der Waals surface area contributed by atoms with Crippen molar-refractivity contribution in [1.29, 1.82) is 0 Å². The van der Waals surface area contributed by atoms with E-state index in [-0.39, 0.29) is 0 Å². The average molecular weight is 628 g/mol. The topological polar surface area (TPSA) is 36.8 Å². The molecular formula is C45H45N3. The monoisotopic (exact) mass is 627 g/mol. The first-order valence-electron chi connectivity index (χ1n) is 17.3. The van der Waals surface area contributed by atoms with Gasteiger partial charge < -0.3 is 5.32 Å². The Bertz CT molecular complexity index is 2140. The van der Waals surface area contributed by atoms with E-state index >= 15 is 0 Å². The van der Waals surface area contributed by atoms with Gasteiger partial charge in [-0.1, -0.05) is 141 Å². The van der Waals surface area contributed by atoms with Gasteiger partial charge in [-0.25, -0.2) is 4.99 Å². The van der Waals surface area contributed by atoms with Gasteiger partial charge in [0.05, 0.1) is 11.9 Å². The number of nitrogens with zero attached hydrogens (tertiary/aromatic N) is 2. The van der Waals surface area contributed by atoms with Crippen LogP contribution in [0.1, 0.15) is 56.4 Å². The lowest BCUT2D eigenvalue weighted by atomic mass is 9.88. The van der Waals surface area contributed by atoms with E-state index in [1.807, 2.05) is 52.1 Å². The van der Waals surface area contributed by atoms with Crippen LogP contribution >= 0.6 is 0 Å². The molecule has 9 rings (SSSR count). The molecule has 1 N–H and O–H groups in total. The normalized spacial score (nSPS) is 17.9. The van der Waals surface area contributed by atoms with Crippen molar-refractivity contribution < 1.29 is 0 Å². The van der Waals surface area contributed by atoms with Gasteiger partial charge in [0.15, 0.2) is 0 Å². The van der Waals surface area contributed by atoms with E-state index in [0.717, 1.165) is 25.1 Å². The third-order valence-corrected chi connectivity index (χ3v) is 8.92. The zero-order valence-corrected chi connectivity index (χ0v) is 28.5. The molecule has 2 heterocycles. The van der Waals surface area contributed by atoms with Gasteiger partial charge in [-0.2, -0.15) is 0 Å². The Morgan fingerprint density at radius 2 is 1.52 bits per heavy atom. The molecule has 0 saturated carbocycles. The Morgan fingerprint density at radius 1 is 0.812 bits per heavy atom. The van der Waals surface area contributed by atoms with Crippen LogP contribution in [-0.4, -0.2) is 24.3 Å². The number of aliphatic imine (C=N–C) groups is 2. The molecule has 2 unspecified atom stereocenters. The first-order valence-corrected chi connectivity index (χ1v) is 17.3. The molecule has 0 aromatic heterocycles. The van der Waals surface area contributed by atoms with E-state index in [1.165, 1.54) is 60.1 Å². The molecule has 3 heteroatoms. The molecule has 0 saturated heterocycles. The number of benzene rings is 5. The standard InChI is InChI=1S/C31H24.C8H7N.C4H8N2.C2H6/c1-3-14-26-22(10-1)20-24(28-16-5-7-18-30(26)28)12-9-13-25-21-23-11-2-4-15-27(23)31-19-8-6-17-29(25)31;1-2-4-8-7(3-1)5-6-9-8;1-3-5-4(2)6-3;1-2/h1-3,5-12,14,16-21H,4,13,15H2;1-6,8H;3H,1-2H3,(H,5,6);1-2H3/b12-9+;;;. The van der Waals surface area contributed by atoms with Crippen molar-refractivity contribution in [2.75, 3.05) is 0 Å². The summed E-state index contributed by atoms with van der Waals surface area (Å²) in [5.41, 5.74) is 6.90. The van der Waals surface area contributed by atoms with Gasteiger partial charge in [0.25, 0.3) is 0 Å². The Kier molecular flexibility index (Phi) is 10.6. The van der Waals surface area contributed by atoms with Crippen molar-refractivity contribution in [3.05, 3.63) is 155 Å². The number of nitrogens with one attached hydrogen (secondary N) is 1. The number of allylic oxidation sites excluding steroid dienone is 5. The highest BCUT2D eigenvalue weighted by Crippen LogP contribution is 2.32. The maximum absolute atomic E-state index is 4.20. The fourth-order valence-electron chi connectivity index (χ4n) is 6.76. The van der Waals surface area contributed by atoms with Crippen molar-refractivity contribution in [2.24, 2.45) is 9.98 Å². The molecule has 2 atom stereocenters. The summed E-state index contributed by atoms with van der Waals surface area (Å²) < 4.78 is 0. The second kappa shape index (κ2) is 15.5. The van der Waals surface area contributed by atoms with Crippen molar-refractivity contribution in [3.63, 3.8) is 0 Å². The Hall–Kier alpha value is -5.28. The lowest BCUT2D eigenvalue weighted by Gasteiger charge is -2.19. The van der Waals surface area contributed by atoms with Crippen LogP contribution in [0.5, 0.6) is 0 Å². The summed E-state index contributed by atoms with van der Waals surface area (Å²) >= 11 is 0. The smallest absolute Gasteiger partial charge is 0.118 e. The van der Waals surface area contributed by atoms with Gasteiger partial charge in [0, 0.05) is 6.21 Å². The highest BCUT2D eigenvalue weighted by atomic mass is 15.2. The van der Waals surface area contributed by atoms with Gasteiger partial charge in [0.1, 0.15) is 6.17 Å². The molecule has 0 spiro atoms. The van der Waals surface area contributed by atoms with Crippen LogP contribution in [0, 0.1) is 0 Å². The molecule has 48 heavy (non-hydrogen) atoms. The molecule has 0 bridgehead atoms. The summed E-state index contributed by atoms with van der Waals surface area (Å²) in [6.07, 6.45) is 25.0. The number of hydrogen-bond acceptors (Lipinski definition) is 3. The summed E-state index contributed by atoms with van der Waals surface area (Å²) in [7, 11) is 0. The van der Waals surface area contributed by atoms with E-state index in [4.69, 9.17) is 0 Å². The first kappa shape index (κ1) is 32.7. The van der Waals surface area contributed by atoms with E-state index in [2.05, 4.69) is 137 Å². The predicted octanol–water partition coefficient (Wildman–Crippen LogP) is 11.2. The summed E-state index contributed by atoms with van der Waals surface area (Å²) in [6.45, 7) is 7.98. The van der Waals surface area contributed by atoms with Crippen LogP contribution in [0.3, 0.4) is 0 Å². The Balaban J connectivity index is 0.000000192. The van der Waals surface area contributed by atoms with E-state index in [0.29, 0.717) is 12.2 Å². The van der Waals surface area contributed by atoms with Crippen LogP contribution in [0.15, 0.2) is 143 Å². The third-order valence-electron chi connectivity index (χ3n) is 8.92. The number of fused-ring (bicyclic) bond motifs is 7. The Morgan fingerprint density at radius 3 is 2.25 bits per heavy atom. The van der Waals surface area contributed by atoms with Crippen LogP contribution < -0.4 is 5.32 Å². The molecular weight excluding hydrogens is 583 g/mol. The van der Waals surface area contributed by atoms with Crippen molar-refractivity contribution in [1.82, 2.24) is 5.32 Å². The predicted molar refractivity (Wildman–Crippen MR) is 211 cm³/mol. The maximum atomic E-state index is 4.20. The quantitative estimate of drug-likeness (QED) is 0.199. The molecule has 5 aromatic rings. The number of hydrogen-bond donors (Lipinski definition) is 1. The first-order chi connectivity index (χ1) is 23.6. The summed E-state index contributed by atoms with van der Waals surface area (Å²) in [6, 6.07) is 31.4. The molecule has 5 aromatic carbocycles. The number of amidine groups is 1. The minimum absolute atomic E-state index is 0.329. The van der Waals surface area contributed by atoms with E-state index in [9.17, 15) is 0 Å². The summed E-state index contributed by atoms with van der Waals surface area (Å²) in [5.74, 6) is 1.06. The van der Waals surface area contributed by atoms with Gasteiger partial charge in [-0.3, -0.25) is 4.99 Å². The second-order valence-corrected chi connectivity index (χ2v) is 12.1. The molecule has 4 aliphatic rings. The number of rotatable bonds is 3. The molecule has 3 nitrogen and oxygen atoms in total. The van der Waals surface area contributed by atoms with E-state index < -0.39 is 0 Å². The molecule has 2 aliphatic carbocycles. The Labute approximate surface area is 285 Å². The van der Waals surface area contributed by atoms with Gasteiger partial charge in [-0.05, 0) is 105 Å². The van der Waals surface area contributed by atoms with Crippen LogP contribution in [0.25, 0.3) is 44.5 Å². The molecule has 0 amide bonds. The molecule has 0 fully saturated rings. The zero-order valence-electron chi connectivity index (χ0n) is 28.5. The van der Waals surface area contributed by atoms with Crippen LogP contribution in [0.2, 0.25) is 0 Å². The second-order valence-electron chi connectivity index (χ2n) is 12.1. The highest BCUT2D eigenvalue weighted by Gasteiger charge is 2.13. The maximum Gasteiger partial charge on any atom is 0.118 e. The highest BCUT2D eigenvalue weighted by molar-refractivity contribution is 6.10. The molecule has 240 valence electrons. The van der Waals surface area contributed by atoms with Crippen LogP contribution in [-0.2, 0) is 12.8 Å². The molecule has 2 aliphatic heterocycles. The summed E-state index contributed by atoms with van der Waals surface area (Å²) in [5, 5.41) is 11.1. The minimum atomic E-state index is 0.329. The van der Waals surface area contributed by atoms with Crippen molar-refractivity contribution in [3.8, 4) is 0 Å². The average Bonchev–Trinajstić information content (AvgIpc) is 3.62. The van der Waals surface area contributed by atoms with Gasteiger partial charge in [-0.15, -0.1) is 0 Å². The van der Waals surface area contributed by atoms with Gasteiger partial charge >= 0.3 is 0 Å². The lowest BCUT2D eigenvalue weighted by Crippen LogP contribution is -2.39. The fourth-order valence-corrected chi connectivity index (χ4v) is 6.76. The minimum Gasteiger partial charge on any atom is -0.353 e. The van der Waals surface area contributed by atoms with Crippen molar-refractivity contribution >= 4 is 56.5 Å². The number of aryl methyl sites for hydroxylation is 1. The van der Waals surface area contributed by atoms with Crippen molar-refractivity contribution in [2.45, 2.75) is 59.2 Å². The van der Waals surface area contributed by atoms with Crippen LogP contribution in [0.4, 0.5) is 0 Å². The third kappa shape index (κ3) is 7.31. The summed E-state index contributed by atoms with van der Waals surface area (Å²) in [4.78, 5) is 8.23. The SMILES string of the molecule is C1=CC2=CC=NC2C=C1.C1=Cc2cc(C/C=C/c3cc4ccccc4c4ccccc34)c3ccccc3c2CC1.CC.CC1=NC(C)N1.